The minimum Gasteiger partial charge on any atom is -0.350 e. The van der Waals surface area contributed by atoms with E-state index in [0.717, 1.165) is 5.69 Å². The van der Waals surface area contributed by atoms with Crippen LogP contribution in [0, 0.1) is 6.92 Å². The first-order valence-corrected chi connectivity index (χ1v) is 5.32. The van der Waals surface area contributed by atoms with Crippen LogP contribution in [0.15, 0.2) is 12.1 Å². The van der Waals surface area contributed by atoms with Crippen LogP contribution in [0.3, 0.4) is 0 Å². The Hall–Kier alpha value is -1.50. The van der Waals surface area contributed by atoms with E-state index in [9.17, 15) is 18.0 Å². The Morgan fingerprint density at radius 1 is 1.44 bits per heavy atom. The molecule has 0 fully saturated rings. The van der Waals surface area contributed by atoms with Crippen molar-refractivity contribution in [3.63, 3.8) is 0 Å². The molecule has 1 aromatic heterocycles. The summed E-state index contributed by atoms with van der Waals surface area (Å²) in [6, 6.07) is 3.55. The van der Waals surface area contributed by atoms with Crippen molar-refractivity contribution in [3.8, 4) is 0 Å². The van der Waals surface area contributed by atoms with Crippen LogP contribution in [0.5, 0.6) is 0 Å². The second-order valence-electron chi connectivity index (χ2n) is 4.41. The maximum absolute atomic E-state index is 12.5. The van der Waals surface area contributed by atoms with Gasteiger partial charge in [-0.25, -0.2) is 0 Å². The summed E-state index contributed by atoms with van der Waals surface area (Å²) in [5.41, 5.74) is 3.78. The van der Waals surface area contributed by atoms with Gasteiger partial charge in [0.1, 0.15) is 0 Å². The summed E-state index contributed by atoms with van der Waals surface area (Å²) in [6.45, 7) is 2.51. The molecule has 0 aliphatic rings. The number of hydrogen-bond acceptors (Lipinski definition) is 2. The third-order valence-electron chi connectivity index (χ3n) is 2.97. The molecule has 0 aliphatic carbocycles. The first-order valence-electron chi connectivity index (χ1n) is 5.32. The van der Waals surface area contributed by atoms with Crippen LogP contribution in [-0.4, -0.2) is 22.2 Å². The van der Waals surface area contributed by atoms with E-state index in [1.165, 1.54) is 0 Å². The maximum Gasteiger partial charge on any atom is 0.415 e. The minimum absolute atomic E-state index is 0.00600. The van der Waals surface area contributed by atoms with Crippen LogP contribution < -0.4 is 11.1 Å². The van der Waals surface area contributed by atoms with E-state index in [1.54, 1.807) is 17.7 Å². The number of nitrogens with two attached hydrogens (primary N) is 1. The van der Waals surface area contributed by atoms with E-state index in [-0.39, 0.29) is 6.54 Å². The molecular formula is C11H16F3N3O. The number of rotatable bonds is 3. The van der Waals surface area contributed by atoms with Crippen LogP contribution >= 0.6 is 0 Å². The van der Waals surface area contributed by atoms with Gasteiger partial charge in [0.05, 0.1) is 6.54 Å². The van der Waals surface area contributed by atoms with Gasteiger partial charge in [-0.05, 0) is 26.0 Å². The lowest BCUT2D eigenvalue weighted by molar-refractivity contribution is -0.187. The molecule has 0 radical (unpaired) electrons. The predicted octanol–water partition coefficient (Wildman–Crippen LogP) is 1.23. The Bertz CT molecular complexity index is 449. The number of carbonyl (C=O) groups is 1. The van der Waals surface area contributed by atoms with E-state index in [4.69, 9.17) is 5.73 Å². The molecule has 1 amide bonds. The van der Waals surface area contributed by atoms with Gasteiger partial charge in [-0.2, -0.15) is 13.2 Å². The summed E-state index contributed by atoms with van der Waals surface area (Å²) < 4.78 is 39.3. The van der Waals surface area contributed by atoms with Gasteiger partial charge in [-0.3, -0.25) is 4.79 Å². The Labute approximate surface area is 103 Å². The van der Waals surface area contributed by atoms with Crippen LogP contribution in [-0.2, 0) is 18.4 Å². The zero-order chi connectivity index (χ0) is 14.1. The fraction of sp³-hybridized carbons (Fsp3) is 0.545. The first kappa shape index (κ1) is 14.6. The zero-order valence-corrected chi connectivity index (χ0v) is 10.4. The van der Waals surface area contributed by atoms with Crippen molar-refractivity contribution < 1.29 is 18.0 Å². The molecule has 0 saturated heterocycles. The molecule has 1 aromatic rings. The quantitative estimate of drug-likeness (QED) is 0.861. The molecule has 0 saturated carbocycles. The highest BCUT2D eigenvalue weighted by molar-refractivity contribution is 5.86. The second-order valence-corrected chi connectivity index (χ2v) is 4.41. The van der Waals surface area contributed by atoms with Crippen molar-refractivity contribution in [2.24, 2.45) is 12.8 Å². The summed E-state index contributed by atoms with van der Waals surface area (Å²) in [5.74, 6) is -1.24. The van der Waals surface area contributed by atoms with Crippen molar-refractivity contribution in [1.29, 1.82) is 0 Å². The fourth-order valence-corrected chi connectivity index (χ4v) is 1.33. The maximum atomic E-state index is 12.5. The minimum atomic E-state index is -4.78. The number of aryl methyl sites for hydroxylation is 1. The lowest BCUT2D eigenvalue weighted by Gasteiger charge is -2.26. The zero-order valence-electron chi connectivity index (χ0n) is 10.4. The van der Waals surface area contributed by atoms with Crippen molar-refractivity contribution in [3.05, 3.63) is 23.5 Å². The smallest absolute Gasteiger partial charge is 0.350 e. The summed E-state index contributed by atoms with van der Waals surface area (Å²) in [4.78, 5) is 11.4. The normalized spacial score (nSPS) is 15.3. The highest BCUT2D eigenvalue weighted by Gasteiger charge is 2.53. The molecule has 0 aromatic carbocycles. The molecule has 0 aliphatic heterocycles. The third kappa shape index (κ3) is 2.66. The van der Waals surface area contributed by atoms with E-state index >= 15 is 0 Å². The molecule has 1 atom stereocenters. The van der Waals surface area contributed by atoms with E-state index in [0.29, 0.717) is 12.6 Å². The average molecular weight is 263 g/mol. The second kappa shape index (κ2) is 4.64. The molecule has 4 nitrogen and oxygen atoms in total. The number of halogens is 3. The monoisotopic (exact) mass is 263 g/mol. The van der Waals surface area contributed by atoms with Gasteiger partial charge in [0.15, 0.2) is 5.54 Å². The van der Waals surface area contributed by atoms with Crippen molar-refractivity contribution in [1.82, 2.24) is 9.88 Å². The van der Waals surface area contributed by atoms with Crippen molar-refractivity contribution in [2.75, 3.05) is 0 Å². The predicted molar refractivity (Wildman–Crippen MR) is 60.6 cm³/mol. The SMILES string of the molecule is Cc1ccc(CNC(=O)C(C)(N)C(F)(F)F)n1C. The van der Waals surface area contributed by atoms with E-state index in [1.807, 2.05) is 13.0 Å². The van der Waals surface area contributed by atoms with Crippen LogP contribution in [0.2, 0.25) is 0 Å². The van der Waals surface area contributed by atoms with Gasteiger partial charge in [0.25, 0.3) is 0 Å². The standard InChI is InChI=1S/C11H16F3N3O/c1-7-4-5-8(17(7)3)6-16-9(18)10(2,15)11(12,13)14/h4-5H,6,15H2,1-3H3,(H,16,18). The highest BCUT2D eigenvalue weighted by Crippen LogP contribution is 2.27. The number of nitrogens with zero attached hydrogens (tertiary/aromatic N) is 1. The third-order valence-corrected chi connectivity index (χ3v) is 2.97. The molecule has 18 heavy (non-hydrogen) atoms. The highest BCUT2D eigenvalue weighted by atomic mass is 19.4. The summed E-state index contributed by atoms with van der Waals surface area (Å²) in [6.07, 6.45) is -4.78. The van der Waals surface area contributed by atoms with E-state index < -0.39 is 17.6 Å². The summed E-state index contributed by atoms with van der Waals surface area (Å²) in [5, 5.41) is 2.20. The Morgan fingerprint density at radius 2 is 2.00 bits per heavy atom. The van der Waals surface area contributed by atoms with Crippen LogP contribution in [0.4, 0.5) is 13.2 Å². The number of nitrogens with one attached hydrogen (secondary N) is 1. The summed E-state index contributed by atoms with van der Waals surface area (Å²) >= 11 is 0. The molecule has 102 valence electrons. The van der Waals surface area contributed by atoms with Crippen LogP contribution in [0.25, 0.3) is 0 Å². The fourth-order valence-electron chi connectivity index (χ4n) is 1.33. The Balaban J connectivity index is 2.70. The summed E-state index contributed by atoms with van der Waals surface area (Å²) in [7, 11) is 1.77. The number of carbonyl (C=O) groups excluding carboxylic acids is 1. The Morgan fingerprint density at radius 3 is 2.39 bits per heavy atom. The molecule has 0 bridgehead atoms. The molecule has 1 rings (SSSR count). The molecule has 1 unspecified atom stereocenters. The van der Waals surface area contributed by atoms with Gasteiger partial charge in [-0.15, -0.1) is 0 Å². The topological polar surface area (TPSA) is 60.1 Å². The van der Waals surface area contributed by atoms with Gasteiger partial charge in [0.2, 0.25) is 5.91 Å². The van der Waals surface area contributed by atoms with Crippen molar-refractivity contribution >= 4 is 5.91 Å². The Kier molecular flexibility index (Phi) is 3.75. The number of aromatic nitrogens is 1. The molecule has 7 heteroatoms. The largest absolute Gasteiger partial charge is 0.415 e. The lowest BCUT2D eigenvalue weighted by Crippen LogP contribution is -2.61. The molecule has 0 spiro atoms. The van der Waals surface area contributed by atoms with Gasteiger partial charge in [0, 0.05) is 18.4 Å². The molecule has 3 N–H and O–H groups in total. The number of hydrogen-bond donors (Lipinski definition) is 2. The van der Waals surface area contributed by atoms with Gasteiger partial charge >= 0.3 is 6.18 Å². The molecule has 1 heterocycles. The van der Waals surface area contributed by atoms with Gasteiger partial charge < -0.3 is 15.6 Å². The molecular weight excluding hydrogens is 247 g/mol. The lowest BCUT2D eigenvalue weighted by atomic mass is 10.0. The number of alkyl halides is 3. The van der Waals surface area contributed by atoms with Gasteiger partial charge in [-0.1, -0.05) is 0 Å². The average Bonchev–Trinajstić information content (AvgIpc) is 2.55. The van der Waals surface area contributed by atoms with Crippen LogP contribution in [0.1, 0.15) is 18.3 Å². The first-order chi connectivity index (χ1) is 8.07. The van der Waals surface area contributed by atoms with Crippen molar-refractivity contribution in [2.45, 2.75) is 32.1 Å². The van der Waals surface area contributed by atoms with E-state index in [2.05, 4.69) is 5.32 Å². The number of amides is 1.